The van der Waals surface area contributed by atoms with Gasteiger partial charge in [0.1, 0.15) is 4.32 Å². The van der Waals surface area contributed by atoms with Crippen LogP contribution in [0.1, 0.15) is 18.9 Å². The highest BCUT2D eigenvalue weighted by molar-refractivity contribution is 8.26. The minimum atomic E-state index is -0.153. The third kappa shape index (κ3) is 6.46. The molecule has 6 nitrogen and oxygen atoms in total. The maximum Gasteiger partial charge on any atom is 0.266 e. The third-order valence-corrected chi connectivity index (χ3v) is 6.33. The van der Waals surface area contributed by atoms with Gasteiger partial charge in [-0.2, -0.15) is 0 Å². The van der Waals surface area contributed by atoms with Crippen molar-refractivity contribution in [2.45, 2.75) is 13.3 Å². The molecule has 0 aromatic heterocycles. The molecule has 1 aliphatic heterocycles. The summed E-state index contributed by atoms with van der Waals surface area (Å²) >= 11 is 13.1. The number of benzene rings is 2. The van der Waals surface area contributed by atoms with Gasteiger partial charge in [-0.1, -0.05) is 53.8 Å². The maximum atomic E-state index is 12.6. The normalized spacial score (nSPS) is 14.4. The first-order valence-electron chi connectivity index (χ1n) is 10.7. The van der Waals surface area contributed by atoms with E-state index in [0.717, 1.165) is 5.56 Å². The second kappa shape index (κ2) is 12.7. The summed E-state index contributed by atoms with van der Waals surface area (Å²) in [5.74, 6) is 2.17. The molecule has 0 aliphatic carbocycles. The van der Waals surface area contributed by atoms with Crippen LogP contribution in [0, 0.1) is 0 Å². The number of ether oxygens (including phenoxy) is 4. The van der Waals surface area contributed by atoms with Gasteiger partial charge in [0.2, 0.25) is 0 Å². The van der Waals surface area contributed by atoms with Crippen LogP contribution in [0.4, 0.5) is 0 Å². The van der Waals surface area contributed by atoms with Crippen molar-refractivity contribution in [1.29, 1.82) is 0 Å². The molecule has 1 amide bonds. The van der Waals surface area contributed by atoms with Crippen LogP contribution in [0.2, 0.25) is 5.02 Å². The Kier molecular flexibility index (Phi) is 9.68. The summed E-state index contributed by atoms with van der Waals surface area (Å²) in [5.41, 5.74) is 0.722. The Bertz CT molecular complexity index is 1090. The summed E-state index contributed by atoms with van der Waals surface area (Å²) in [6.45, 7) is 7.20. The Hall–Kier alpha value is -2.68. The SMILES string of the molecule is C=CCN1C(=O)/C(=C\c2cc(Cl)c(OCCCOc3ccccc3OC)c(OCC)c2)SC1=S. The van der Waals surface area contributed by atoms with Gasteiger partial charge in [-0.15, -0.1) is 6.58 Å². The molecule has 3 rings (SSSR count). The lowest BCUT2D eigenvalue weighted by atomic mass is 10.1. The van der Waals surface area contributed by atoms with E-state index >= 15 is 0 Å². The molecule has 1 fully saturated rings. The molecule has 0 bridgehead atoms. The van der Waals surface area contributed by atoms with Crippen LogP contribution < -0.4 is 18.9 Å². The van der Waals surface area contributed by atoms with Crippen LogP contribution >= 0.6 is 35.6 Å². The van der Waals surface area contributed by atoms with Crippen molar-refractivity contribution in [2.24, 2.45) is 0 Å². The van der Waals surface area contributed by atoms with Gasteiger partial charge in [0, 0.05) is 13.0 Å². The lowest BCUT2D eigenvalue weighted by molar-refractivity contribution is -0.121. The molecule has 0 atom stereocenters. The minimum Gasteiger partial charge on any atom is -0.493 e. The molecule has 0 radical (unpaired) electrons. The number of hydrogen-bond acceptors (Lipinski definition) is 7. The Morgan fingerprint density at radius 3 is 2.56 bits per heavy atom. The maximum absolute atomic E-state index is 12.6. The zero-order valence-corrected chi connectivity index (χ0v) is 21.4. The van der Waals surface area contributed by atoms with Gasteiger partial charge in [0.05, 0.1) is 36.9 Å². The molecule has 180 valence electrons. The Labute approximate surface area is 214 Å². The van der Waals surface area contributed by atoms with Gasteiger partial charge in [-0.25, -0.2) is 0 Å². The highest BCUT2D eigenvalue weighted by Crippen LogP contribution is 2.39. The summed E-state index contributed by atoms with van der Waals surface area (Å²) in [6.07, 6.45) is 4.03. The quantitative estimate of drug-likeness (QED) is 0.148. The second-order valence-corrected chi connectivity index (χ2v) is 9.13. The number of thiocarbonyl (C=S) groups is 1. The van der Waals surface area contributed by atoms with Crippen LogP contribution in [0.15, 0.2) is 54.0 Å². The number of nitrogens with zero attached hydrogens (tertiary/aromatic N) is 1. The van der Waals surface area contributed by atoms with Crippen molar-refractivity contribution in [3.63, 3.8) is 0 Å². The van der Waals surface area contributed by atoms with E-state index in [0.29, 0.717) is 70.0 Å². The predicted molar refractivity (Wildman–Crippen MR) is 141 cm³/mol. The van der Waals surface area contributed by atoms with Crippen molar-refractivity contribution in [2.75, 3.05) is 33.5 Å². The van der Waals surface area contributed by atoms with Gasteiger partial charge in [0.25, 0.3) is 5.91 Å². The number of para-hydroxylation sites is 2. The smallest absolute Gasteiger partial charge is 0.266 e. The summed E-state index contributed by atoms with van der Waals surface area (Å²) in [6, 6.07) is 11.0. The average Bonchev–Trinajstić information content (AvgIpc) is 3.08. The number of carbonyl (C=O) groups excluding carboxylic acids is 1. The van der Waals surface area contributed by atoms with Crippen molar-refractivity contribution in [3.8, 4) is 23.0 Å². The van der Waals surface area contributed by atoms with Gasteiger partial charge in [-0.05, 0) is 42.8 Å². The van der Waals surface area contributed by atoms with E-state index in [9.17, 15) is 4.79 Å². The average molecular weight is 520 g/mol. The number of thioether (sulfide) groups is 1. The van der Waals surface area contributed by atoms with Crippen molar-refractivity contribution in [3.05, 3.63) is 64.5 Å². The first-order valence-corrected chi connectivity index (χ1v) is 12.3. The molecule has 9 heteroatoms. The van der Waals surface area contributed by atoms with Crippen LogP contribution in [0.25, 0.3) is 6.08 Å². The van der Waals surface area contributed by atoms with E-state index in [1.165, 1.54) is 16.7 Å². The van der Waals surface area contributed by atoms with E-state index in [2.05, 4.69) is 6.58 Å². The lowest BCUT2D eigenvalue weighted by Crippen LogP contribution is -2.27. The molecule has 34 heavy (non-hydrogen) atoms. The van der Waals surface area contributed by atoms with Crippen LogP contribution in [-0.2, 0) is 4.79 Å². The van der Waals surface area contributed by atoms with Gasteiger partial charge in [-0.3, -0.25) is 9.69 Å². The zero-order chi connectivity index (χ0) is 24.5. The van der Waals surface area contributed by atoms with Crippen molar-refractivity contribution in [1.82, 2.24) is 4.90 Å². The standard InChI is InChI=1S/C25H26ClNO5S2/c1-4-11-27-24(28)22(34-25(27)33)16-17-14-18(26)23(21(15-17)30-5-2)32-13-8-12-31-20-10-7-6-9-19(20)29-3/h4,6-7,9-10,14-16H,1,5,8,11-13H2,2-3H3/b22-16+. The first-order chi connectivity index (χ1) is 16.5. The number of methoxy groups -OCH3 is 1. The summed E-state index contributed by atoms with van der Waals surface area (Å²) < 4.78 is 23.3. The summed E-state index contributed by atoms with van der Waals surface area (Å²) in [7, 11) is 1.61. The topological polar surface area (TPSA) is 57.2 Å². The molecule has 0 spiro atoms. The van der Waals surface area contributed by atoms with E-state index < -0.39 is 0 Å². The molecule has 2 aromatic carbocycles. The summed E-state index contributed by atoms with van der Waals surface area (Å²) in [5, 5.41) is 0.393. The number of hydrogen-bond donors (Lipinski definition) is 0. The lowest BCUT2D eigenvalue weighted by Gasteiger charge is -2.15. The van der Waals surface area contributed by atoms with E-state index in [-0.39, 0.29) is 5.91 Å². The van der Waals surface area contributed by atoms with Gasteiger partial charge >= 0.3 is 0 Å². The Morgan fingerprint density at radius 2 is 1.85 bits per heavy atom. The minimum absolute atomic E-state index is 0.153. The molecule has 1 heterocycles. The van der Waals surface area contributed by atoms with E-state index in [1.807, 2.05) is 31.2 Å². The molecule has 0 unspecified atom stereocenters. The largest absolute Gasteiger partial charge is 0.493 e. The third-order valence-electron chi connectivity index (χ3n) is 4.68. The number of amides is 1. The molecular formula is C25H26ClNO5S2. The zero-order valence-electron chi connectivity index (χ0n) is 19.0. The molecule has 0 N–H and O–H groups in total. The number of rotatable bonds is 12. The Balaban J connectivity index is 1.66. The van der Waals surface area contributed by atoms with Crippen molar-refractivity contribution < 1.29 is 23.7 Å². The molecular weight excluding hydrogens is 494 g/mol. The van der Waals surface area contributed by atoms with Crippen LogP contribution in [0.3, 0.4) is 0 Å². The molecule has 1 saturated heterocycles. The van der Waals surface area contributed by atoms with E-state index in [4.69, 9.17) is 42.8 Å². The molecule has 2 aromatic rings. The second-order valence-electron chi connectivity index (χ2n) is 7.05. The van der Waals surface area contributed by atoms with E-state index in [1.54, 1.807) is 31.4 Å². The van der Waals surface area contributed by atoms with Crippen LogP contribution in [0.5, 0.6) is 23.0 Å². The highest BCUT2D eigenvalue weighted by Gasteiger charge is 2.31. The van der Waals surface area contributed by atoms with Crippen LogP contribution in [-0.4, -0.2) is 48.6 Å². The predicted octanol–water partition coefficient (Wildman–Crippen LogP) is 5.98. The summed E-state index contributed by atoms with van der Waals surface area (Å²) in [4.78, 5) is 14.6. The first kappa shape index (κ1) is 25.9. The van der Waals surface area contributed by atoms with Gasteiger partial charge < -0.3 is 18.9 Å². The van der Waals surface area contributed by atoms with Crippen molar-refractivity contribution >= 4 is 51.9 Å². The molecule has 0 saturated carbocycles. The Morgan fingerprint density at radius 1 is 1.12 bits per heavy atom. The fraction of sp³-hybridized carbons (Fsp3) is 0.280. The molecule has 1 aliphatic rings. The fourth-order valence-electron chi connectivity index (χ4n) is 3.17. The van der Waals surface area contributed by atoms with Gasteiger partial charge in [0.15, 0.2) is 23.0 Å². The highest BCUT2D eigenvalue weighted by atomic mass is 35.5. The number of carbonyl (C=O) groups is 1. The number of halogens is 1. The fourth-order valence-corrected chi connectivity index (χ4v) is 4.71. The monoisotopic (exact) mass is 519 g/mol.